The van der Waals surface area contributed by atoms with E-state index < -0.39 is 0 Å². The van der Waals surface area contributed by atoms with Crippen molar-refractivity contribution < 1.29 is 4.74 Å². The number of pyridine rings is 1. The third-order valence-electron chi connectivity index (χ3n) is 6.20. The minimum Gasteiger partial charge on any atom is -0.485 e. The van der Waals surface area contributed by atoms with Crippen LogP contribution >= 0.6 is 0 Å². The Kier molecular flexibility index (Phi) is 5.73. The molecule has 0 saturated heterocycles. The molecule has 0 fully saturated rings. The van der Waals surface area contributed by atoms with E-state index in [4.69, 9.17) is 14.8 Å². The number of aryl methyl sites for hydroxylation is 5. The molecule has 0 N–H and O–H groups in total. The Balaban J connectivity index is 1.56. The highest BCUT2D eigenvalue weighted by molar-refractivity contribution is 5.66. The lowest BCUT2D eigenvalue weighted by molar-refractivity contribution is 0.307. The molecule has 0 spiro atoms. The third-order valence-corrected chi connectivity index (χ3v) is 6.20. The molecule has 5 aromatic rings. The average Bonchev–Trinajstić information content (AvgIpc) is 3.18. The summed E-state index contributed by atoms with van der Waals surface area (Å²) >= 11 is 0. The number of aromatic nitrogens is 4. The van der Waals surface area contributed by atoms with Crippen molar-refractivity contribution in [2.75, 3.05) is 0 Å². The maximum absolute atomic E-state index is 13.6. The maximum Gasteiger partial charge on any atom is 0.267 e. The van der Waals surface area contributed by atoms with Crippen molar-refractivity contribution in [3.8, 4) is 22.7 Å². The number of ether oxygens (including phenoxy) is 1. The fourth-order valence-corrected chi connectivity index (χ4v) is 4.50. The summed E-state index contributed by atoms with van der Waals surface area (Å²) in [6, 6.07) is 20.0. The fourth-order valence-electron chi connectivity index (χ4n) is 4.50. The molecular formula is C29H28N4O2. The molecule has 0 bridgehead atoms. The van der Waals surface area contributed by atoms with Gasteiger partial charge in [-0.05, 0) is 70.0 Å². The van der Waals surface area contributed by atoms with Gasteiger partial charge < -0.3 is 4.74 Å². The largest absolute Gasteiger partial charge is 0.485 e. The molecule has 0 radical (unpaired) electrons. The summed E-state index contributed by atoms with van der Waals surface area (Å²) in [6.45, 7) is 10.4. The van der Waals surface area contributed by atoms with Gasteiger partial charge in [0.1, 0.15) is 12.3 Å². The standard InChI is InChI=1S/C29H28N4O2/c1-18-8-6-9-23(15-18)17-35-26-10-7-13-32-28(26)30-22(5)27(29(32)34)24-16-21(4)33(31-24)25-12-11-19(2)14-20(25)3/h6-16H,17H2,1-5H3. The fraction of sp³-hybridized carbons (Fsp3) is 0.207. The highest BCUT2D eigenvalue weighted by Gasteiger charge is 2.19. The zero-order valence-electron chi connectivity index (χ0n) is 20.7. The molecule has 3 aromatic heterocycles. The highest BCUT2D eigenvalue weighted by atomic mass is 16.5. The van der Waals surface area contributed by atoms with Gasteiger partial charge in [0.25, 0.3) is 5.56 Å². The summed E-state index contributed by atoms with van der Waals surface area (Å²) in [5, 5.41) is 4.81. The Hall–Kier alpha value is -4.19. The van der Waals surface area contributed by atoms with Crippen LogP contribution in [0.5, 0.6) is 5.75 Å². The van der Waals surface area contributed by atoms with Crippen molar-refractivity contribution >= 4 is 5.65 Å². The lowest BCUT2D eigenvalue weighted by Gasteiger charge is -2.12. The van der Waals surface area contributed by atoms with Crippen LogP contribution in [0, 0.1) is 34.6 Å². The normalized spacial score (nSPS) is 11.2. The molecule has 2 aromatic carbocycles. The number of hydrogen-bond donors (Lipinski definition) is 0. The van der Waals surface area contributed by atoms with Gasteiger partial charge in [-0.3, -0.25) is 9.20 Å². The van der Waals surface area contributed by atoms with Gasteiger partial charge >= 0.3 is 0 Å². The topological polar surface area (TPSA) is 61.4 Å². The van der Waals surface area contributed by atoms with Gasteiger partial charge in [-0.1, -0.05) is 47.5 Å². The van der Waals surface area contributed by atoms with E-state index in [2.05, 4.69) is 51.1 Å². The molecule has 176 valence electrons. The number of hydrogen-bond acceptors (Lipinski definition) is 4. The van der Waals surface area contributed by atoms with Gasteiger partial charge in [0, 0.05) is 11.9 Å². The van der Waals surface area contributed by atoms with E-state index >= 15 is 0 Å². The summed E-state index contributed by atoms with van der Waals surface area (Å²) in [5.41, 5.74) is 8.56. The molecule has 0 unspecified atom stereocenters. The van der Waals surface area contributed by atoms with Crippen molar-refractivity contribution in [2.45, 2.75) is 41.2 Å². The monoisotopic (exact) mass is 464 g/mol. The second-order valence-electron chi connectivity index (χ2n) is 9.09. The Morgan fingerprint density at radius 1 is 0.886 bits per heavy atom. The van der Waals surface area contributed by atoms with E-state index in [0.717, 1.165) is 22.5 Å². The Morgan fingerprint density at radius 3 is 2.46 bits per heavy atom. The number of rotatable bonds is 5. The first-order valence-corrected chi connectivity index (χ1v) is 11.7. The van der Waals surface area contributed by atoms with Gasteiger partial charge in [-0.15, -0.1) is 0 Å². The molecule has 0 aliphatic carbocycles. The SMILES string of the molecule is Cc1cccc(COc2cccn3c(=O)c(-c4cc(C)n(-c5ccc(C)cc5C)n4)c(C)nc23)c1. The van der Waals surface area contributed by atoms with Crippen LogP contribution in [0.2, 0.25) is 0 Å². The van der Waals surface area contributed by atoms with E-state index in [-0.39, 0.29) is 5.56 Å². The lowest BCUT2D eigenvalue weighted by Crippen LogP contribution is -2.19. The Labute approximate surface area is 204 Å². The molecule has 0 amide bonds. The molecule has 0 atom stereocenters. The molecule has 35 heavy (non-hydrogen) atoms. The molecule has 5 rings (SSSR count). The highest BCUT2D eigenvalue weighted by Crippen LogP contribution is 2.25. The molecule has 0 aliphatic heterocycles. The van der Waals surface area contributed by atoms with Crippen LogP contribution in [0.4, 0.5) is 0 Å². The summed E-state index contributed by atoms with van der Waals surface area (Å²) in [5.74, 6) is 0.567. The van der Waals surface area contributed by atoms with Crippen molar-refractivity contribution in [2.24, 2.45) is 0 Å². The zero-order valence-corrected chi connectivity index (χ0v) is 20.7. The van der Waals surface area contributed by atoms with E-state index in [1.54, 1.807) is 16.7 Å². The van der Waals surface area contributed by atoms with E-state index in [1.165, 1.54) is 11.1 Å². The van der Waals surface area contributed by atoms with E-state index in [1.807, 2.05) is 42.8 Å². The van der Waals surface area contributed by atoms with Crippen molar-refractivity contribution in [3.05, 3.63) is 111 Å². The van der Waals surface area contributed by atoms with Crippen molar-refractivity contribution in [3.63, 3.8) is 0 Å². The zero-order chi connectivity index (χ0) is 24.7. The second-order valence-corrected chi connectivity index (χ2v) is 9.09. The first-order chi connectivity index (χ1) is 16.8. The number of nitrogens with zero attached hydrogens (tertiary/aromatic N) is 4. The van der Waals surface area contributed by atoms with Crippen LogP contribution < -0.4 is 10.3 Å². The van der Waals surface area contributed by atoms with E-state index in [9.17, 15) is 4.79 Å². The smallest absolute Gasteiger partial charge is 0.267 e. The van der Waals surface area contributed by atoms with Crippen LogP contribution in [0.25, 0.3) is 22.6 Å². The minimum absolute atomic E-state index is 0.168. The second kappa shape index (κ2) is 8.87. The van der Waals surface area contributed by atoms with Crippen LogP contribution in [0.3, 0.4) is 0 Å². The first kappa shape index (κ1) is 22.6. The third kappa shape index (κ3) is 4.23. The lowest BCUT2D eigenvalue weighted by atomic mass is 10.1. The van der Waals surface area contributed by atoms with Crippen LogP contribution in [-0.4, -0.2) is 19.2 Å². The molecule has 6 heteroatoms. The molecule has 0 aliphatic rings. The van der Waals surface area contributed by atoms with Crippen LogP contribution in [0.15, 0.2) is 71.7 Å². The summed E-state index contributed by atoms with van der Waals surface area (Å²) in [4.78, 5) is 18.4. The van der Waals surface area contributed by atoms with Crippen molar-refractivity contribution in [1.82, 2.24) is 19.2 Å². The van der Waals surface area contributed by atoms with Crippen molar-refractivity contribution in [1.29, 1.82) is 0 Å². The number of fused-ring (bicyclic) bond motifs is 1. The molecular weight excluding hydrogens is 436 g/mol. The van der Waals surface area contributed by atoms with Crippen LogP contribution in [0.1, 0.15) is 33.6 Å². The van der Waals surface area contributed by atoms with E-state index in [0.29, 0.717) is 35.0 Å². The van der Waals surface area contributed by atoms with Gasteiger partial charge in [-0.25, -0.2) is 9.67 Å². The summed E-state index contributed by atoms with van der Waals surface area (Å²) < 4.78 is 9.51. The van der Waals surface area contributed by atoms with Gasteiger partial charge in [0.05, 0.1) is 16.9 Å². The maximum atomic E-state index is 13.6. The Morgan fingerprint density at radius 2 is 1.69 bits per heavy atom. The molecule has 0 saturated carbocycles. The number of benzene rings is 2. The van der Waals surface area contributed by atoms with Gasteiger partial charge in [-0.2, -0.15) is 5.10 Å². The van der Waals surface area contributed by atoms with Gasteiger partial charge in [0.15, 0.2) is 11.4 Å². The quantitative estimate of drug-likeness (QED) is 0.336. The molecule has 3 heterocycles. The van der Waals surface area contributed by atoms with Gasteiger partial charge in [0.2, 0.25) is 0 Å². The average molecular weight is 465 g/mol. The predicted octanol–water partition coefficient (Wildman–Crippen LogP) is 5.67. The predicted molar refractivity (Wildman–Crippen MR) is 138 cm³/mol. The first-order valence-electron chi connectivity index (χ1n) is 11.7. The van der Waals surface area contributed by atoms with Crippen LogP contribution in [-0.2, 0) is 6.61 Å². The summed E-state index contributed by atoms with van der Waals surface area (Å²) in [7, 11) is 0. The summed E-state index contributed by atoms with van der Waals surface area (Å²) in [6.07, 6.45) is 1.72. The Bertz CT molecular complexity index is 1630. The minimum atomic E-state index is -0.168. The molecule has 6 nitrogen and oxygen atoms in total.